The van der Waals surface area contributed by atoms with E-state index < -0.39 is 0 Å². The van der Waals surface area contributed by atoms with Gasteiger partial charge in [-0.2, -0.15) is 15.0 Å². The summed E-state index contributed by atoms with van der Waals surface area (Å²) in [5.74, 6) is 2.29. The van der Waals surface area contributed by atoms with Crippen molar-refractivity contribution in [3.05, 3.63) is 0 Å². The molecule has 0 saturated carbocycles. The molecule has 0 unspecified atom stereocenters. The summed E-state index contributed by atoms with van der Waals surface area (Å²) >= 11 is 0. The second-order valence-electron chi connectivity index (χ2n) is 5.35. The number of rotatable bonds is 6. The predicted octanol–water partition coefficient (Wildman–Crippen LogP) is 1.16. The third-order valence-corrected chi connectivity index (χ3v) is 3.98. The fraction of sp³-hybridized carbons (Fsp3) is 0.786. The number of methoxy groups -OCH3 is 1. The van der Waals surface area contributed by atoms with Crippen LogP contribution in [0, 0.1) is 5.92 Å². The second kappa shape index (κ2) is 7.40. The Bertz CT molecular complexity index is 443. The lowest BCUT2D eigenvalue weighted by molar-refractivity contribution is 0.139. The Morgan fingerprint density at radius 1 is 1.19 bits per heavy atom. The lowest BCUT2D eigenvalue weighted by Gasteiger charge is -2.32. The van der Waals surface area contributed by atoms with E-state index in [4.69, 9.17) is 10.5 Å². The van der Waals surface area contributed by atoms with Crippen LogP contribution in [0.1, 0.15) is 26.7 Å². The largest absolute Gasteiger partial charge is 0.384 e. The fourth-order valence-electron chi connectivity index (χ4n) is 2.69. The molecule has 1 aromatic rings. The van der Waals surface area contributed by atoms with E-state index in [1.165, 1.54) is 0 Å². The van der Waals surface area contributed by atoms with Crippen LogP contribution in [0.4, 0.5) is 17.8 Å². The summed E-state index contributed by atoms with van der Waals surface area (Å²) in [6, 6.07) is 0. The summed E-state index contributed by atoms with van der Waals surface area (Å²) in [6.07, 6.45) is 2.19. The number of anilines is 3. The average molecular weight is 294 g/mol. The van der Waals surface area contributed by atoms with E-state index >= 15 is 0 Å². The maximum Gasteiger partial charge on any atom is 0.231 e. The van der Waals surface area contributed by atoms with Gasteiger partial charge in [-0.15, -0.1) is 0 Å². The molecule has 2 heterocycles. The van der Waals surface area contributed by atoms with E-state index in [1.807, 2.05) is 0 Å². The molecule has 1 saturated heterocycles. The standard InChI is InChI=1S/C14H26N6O/c1-4-19(5-2)13-16-12(15)17-14(18-13)20-8-6-11(7-9-20)10-21-3/h11H,4-10H2,1-3H3,(H2,15,16,17,18). The maximum absolute atomic E-state index is 5.85. The maximum atomic E-state index is 5.85. The minimum absolute atomic E-state index is 0.293. The van der Waals surface area contributed by atoms with Crippen molar-refractivity contribution in [2.45, 2.75) is 26.7 Å². The molecule has 0 aliphatic carbocycles. The highest BCUT2D eigenvalue weighted by Gasteiger charge is 2.22. The Morgan fingerprint density at radius 2 is 1.86 bits per heavy atom. The van der Waals surface area contributed by atoms with Crippen molar-refractivity contribution in [1.29, 1.82) is 0 Å². The van der Waals surface area contributed by atoms with Gasteiger partial charge in [-0.05, 0) is 32.6 Å². The molecule has 0 bridgehead atoms. The average Bonchev–Trinajstić information content (AvgIpc) is 2.49. The highest BCUT2D eigenvalue weighted by Crippen LogP contribution is 2.22. The zero-order chi connectivity index (χ0) is 15.2. The Labute approximate surface area is 126 Å². The SMILES string of the molecule is CCN(CC)c1nc(N)nc(N2CCC(COC)CC2)n1. The van der Waals surface area contributed by atoms with E-state index in [-0.39, 0.29) is 0 Å². The highest BCUT2D eigenvalue weighted by atomic mass is 16.5. The van der Waals surface area contributed by atoms with Gasteiger partial charge in [-0.25, -0.2) is 0 Å². The van der Waals surface area contributed by atoms with Crippen LogP contribution in [0.5, 0.6) is 0 Å². The van der Waals surface area contributed by atoms with E-state index in [0.717, 1.165) is 45.6 Å². The van der Waals surface area contributed by atoms with Crippen molar-refractivity contribution in [1.82, 2.24) is 15.0 Å². The number of hydrogen-bond acceptors (Lipinski definition) is 7. The summed E-state index contributed by atoms with van der Waals surface area (Å²) in [5, 5.41) is 0. The molecule has 1 aromatic heterocycles. The normalized spacial score (nSPS) is 16.2. The van der Waals surface area contributed by atoms with Crippen molar-refractivity contribution >= 4 is 17.8 Å². The monoisotopic (exact) mass is 294 g/mol. The number of ether oxygens (including phenoxy) is 1. The number of nitrogen functional groups attached to an aromatic ring is 1. The van der Waals surface area contributed by atoms with Gasteiger partial charge in [0.2, 0.25) is 17.8 Å². The minimum atomic E-state index is 0.293. The summed E-state index contributed by atoms with van der Waals surface area (Å²) in [6.45, 7) is 8.59. The molecule has 7 nitrogen and oxygen atoms in total. The zero-order valence-corrected chi connectivity index (χ0v) is 13.2. The molecular formula is C14H26N6O. The summed E-state index contributed by atoms with van der Waals surface area (Å²) in [4.78, 5) is 17.4. The summed E-state index contributed by atoms with van der Waals surface area (Å²) < 4.78 is 5.23. The molecule has 7 heteroatoms. The first kappa shape index (κ1) is 15.8. The second-order valence-corrected chi connectivity index (χ2v) is 5.35. The number of nitrogens with two attached hydrogens (primary N) is 1. The smallest absolute Gasteiger partial charge is 0.231 e. The van der Waals surface area contributed by atoms with Crippen molar-refractivity contribution in [2.75, 3.05) is 55.4 Å². The molecule has 118 valence electrons. The third kappa shape index (κ3) is 3.93. The van der Waals surface area contributed by atoms with Gasteiger partial charge in [-0.3, -0.25) is 0 Å². The number of nitrogens with zero attached hydrogens (tertiary/aromatic N) is 5. The first-order chi connectivity index (χ1) is 10.2. The molecule has 0 radical (unpaired) electrons. The highest BCUT2D eigenvalue weighted by molar-refractivity contribution is 5.43. The van der Waals surface area contributed by atoms with Crippen LogP contribution < -0.4 is 15.5 Å². The van der Waals surface area contributed by atoms with Gasteiger partial charge < -0.3 is 20.3 Å². The van der Waals surface area contributed by atoms with Crippen LogP contribution in [0.2, 0.25) is 0 Å². The Morgan fingerprint density at radius 3 is 2.43 bits per heavy atom. The van der Waals surface area contributed by atoms with Gasteiger partial charge in [0, 0.05) is 39.9 Å². The number of aromatic nitrogens is 3. The van der Waals surface area contributed by atoms with Crippen LogP contribution in [-0.4, -0.2) is 54.8 Å². The van der Waals surface area contributed by atoms with Gasteiger partial charge in [0.1, 0.15) is 0 Å². The van der Waals surface area contributed by atoms with E-state index in [9.17, 15) is 0 Å². The molecule has 1 fully saturated rings. The zero-order valence-electron chi connectivity index (χ0n) is 13.2. The Balaban J connectivity index is 2.10. The fourth-order valence-corrected chi connectivity index (χ4v) is 2.69. The van der Waals surface area contributed by atoms with E-state index in [0.29, 0.717) is 23.8 Å². The van der Waals surface area contributed by atoms with Crippen molar-refractivity contribution in [3.63, 3.8) is 0 Å². The molecule has 0 aromatic carbocycles. The number of piperidine rings is 1. The van der Waals surface area contributed by atoms with Gasteiger partial charge >= 0.3 is 0 Å². The lowest BCUT2D eigenvalue weighted by atomic mass is 9.98. The predicted molar refractivity (Wildman–Crippen MR) is 84.6 cm³/mol. The molecule has 0 spiro atoms. The van der Waals surface area contributed by atoms with E-state index in [1.54, 1.807) is 7.11 Å². The van der Waals surface area contributed by atoms with Crippen LogP contribution in [-0.2, 0) is 4.74 Å². The van der Waals surface area contributed by atoms with E-state index in [2.05, 4.69) is 38.6 Å². The van der Waals surface area contributed by atoms with Crippen LogP contribution in [0.15, 0.2) is 0 Å². The van der Waals surface area contributed by atoms with Crippen molar-refractivity contribution < 1.29 is 4.74 Å². The molecule has 0 atom stereocenters. The number of hydrogen-bond donors (Lipinski definition) is 1. The Hall–Kier alpha value is -1.63. The summed E-state index contributed by atoms with van der Waals surface area (Å²) in [5.41, 5.74) is 5.85. The molecule has 21 heavy (non-hydrogen) atoms. The lowest BCUT2D eigenvalue weighted by Crippen LogP contribution is -2.37. The van der Waals surface area contributed by atoms with Crippen LogP contribution >= 0.6 is 0 Å². The molecule has 0 amide bonds. The first-order valence-electron chi connectivity index (χ1n) is 7.68. The van der Waals surface area contributed by atoms with Gasteiger partial charge in [-0.1, -0.05) is 0 Å². The van der Waals surface area contributed by atoms with Crippen LogP contribution in [0.25, 0.3) is 0 Å². The Kier molecular flexibility index (Phi) is 5.55. The summed E-state index contributed by atoms with van der Waals surface area (Å²) in [7, 11) is 1.76. The van der Waals surface area contributed by atoms with Crippen molar-refractivity contribution in [2.24, 2.45) is 5.92 Å². The molecular weight excluding hydrogens is 268 g/mol. The molecule has 2 rings (SSSR count). The topological polar surface area (TPSA) is 80.4 Å². The van der Waals surface area contributed by atoms with Gasteiger partial charge in [0.05, 0.1) is 0 Å². The van der Waals surface area contributed by atoms with Gasteiger partial charge in [0.15, 0.2) is 0 Å². The van der Waals surface area contributed by atoms with Crippen LogP contribution in [0.3, 0.4) is 0 Å². The quantitative estimate of drug-likeness (QED) is 0.843. The van der Waals surface area contributed by atoms with Gasteiger partial charge in [0.25, 0.3) is 0 Å². The third-order valence-electron chi connectivity index (χ3n) is 3.98. The molecule has 1 aliphatic rings. The minimum Gasteiger partial charge on any atom is -0.384 e. The first-order valence-corrected chi connectivity index (χ1v) is 7.68. The molecule has 2 N–H and O–H groups in total. The van der Waals surface area contributed by atoms with Crippen molar-refractivity contribution in [3.8, 4) is 0 Å². The molecule has 1 aliphatic heterocycles.